The highest BCUT2D eigenvalue weighted by atomic mass is 32.1. The third kappa shape index (κ3) is 5.58. The first-order valence-electron chi connectivity index (χ1n) is 15.6. The van der Waals surface area contributed by atoms with Gasteiger partial charge in [0.15, 0.2) is 6.61 Å². The van der Waals surface area contributed by atoms with Gasteiger partial charge in [0.1, 0.15) is 10.6 Å². The first-order chi connectivity index (χ1) is 21.7. The summed E-state index contributed by atoms with van der Waals surface area (Å²) in [6.45, 7) is 4.61. The number of carboxylic acid groups (broad SMARTS) is 1. The van der Waals surface area contributed by atoms with Crippen molar-refractivity contribution >= 4 is 50.9 Å². The summed E-state index contributed by atoms with van der Waals surface area (Å²) in [7, 11) is 0. The molecule has 8 rings (SSSR count). The van der Waals surface area contributed by atoms with Gasteiger partial charge >= 0.3 is 5.97 Å². The van der Waals surface area contributed by atoms with E-state index in [9.17, 15) is 29.1 Å². The Morgan fingerprint density at radius 1 is 1.09 bits per heavy atom. The molecule has 1 aromatic carbocycles. The van der Waals surface area contributed by atoms with Gasteiger partial charge in [-0.25, -0.2) is 4.98 Å². The van der Waals surface area contributed by atoms with Crippen LogP contribution in [0.25, 0.3) is 10.2 Å². The van der Waals surface area contributed by atoms with Crippen molar-refractivity contribution in [3.8, 4) is 5.75 Å². The first-order valence-corrected chi connectivity index (χ1v) is 16.4. The van der Waals surface area contributed by atoms with Crippen molar-refractivity contribution in [1.82, 2.24) is 20.6 Å². The number of nitrogens with zero attached hydrogens (tertiary/aromatic N) is 1. The van der Waals surface area contributed by atoms with Crippen LogP contribution in [0.5, 0.6) is 5.75 Å². The van der Waals surface area contributed by atoms with Crippen molar-refractivity contribution in [3.05, 3.63) is 50.4 Å². The number of hydrogen-bond acceptors (Lipinski definition) is 8. The maximum absolute atomic E-state index is 13.4. The highest BCUT2D eigenvalue weighted by Gasteiger charge is 2.52. The fraction of sp³-hybridized carbons (Fsp3) is 0.500. The van der Waals surface area contributed by atoms with Crippen LogP contribution in [0.15, 0.2) is 23.0 Å². The summed E-state index contributed by atoms with van der Waals surface area (Å²) < 4.78 is 5.36. The number of rotatable bonds is 7. The molecule has 0 radical (unpaired) electrons. The summed E-state index contributed by atoms with van der Waals surface area (Å²) in [6, 6.07) is 5.21. The summed E-state index contributed by atoms with van der Waals surface area (Å²) in [5.41, 5.74) is 0.844. The monoisotopic (exact) mass is 635 g/mol. The molecule has 2 bridgehead atoms. The van der Waals surface area contributed by atoms with E-state index >= 15 is 0 Å². The number of carbonyl (C=O) groups is 4. The number of H-pyrrole nitrogens is 1. The maximum Gasteiger partial charge on any atom is 0.309 e. The molecule has 45 heavy (non-hydrogen) atoms. The second-order valence-corrected chi connectivity index (χ2v) is 13.4. The fourth-order valence-corrected chi connectivity index (χ4v) is 8.42. The van der Waals surface area contributed by atoms with Crippen LogP contribution >= 0.6 is 11.3 Å². The Hall–Kier alpha value is -4.26. The number of thiophene rings is 1. The van der Waals surface area contributed by atoms with Crippen LogP contribution in [0.2, 0.25) is 0 Å². The minimum absolute atomic E-state index is 0.0421. The molecule has 3 fully saturated rings. The Kier molecular flexibility index (Phi) is 8.14. The highest BCUT2D eigenvalue weighted by molar-refractivity contribution is 7.18. The maximum atomic E-state index is 13.4. The Balaban J connectivity index is 0.00000175. The Morgan fingerprint density at radius 3 is 2.53 bits per heavy atom. The van der Waals surface area contributed by atoms with Crippen molar-refractivity contribution in [3.63, 3.8) is 0 Å². The molecule has 0 saturated heterocycles. The molecule has 3 amide bonds. The molecule has 0 spiro atoms. The second kappa shape index (κ2) is 11.9. The van der Waals surface area contributed by atoms with Gasteiger partial charge < -0.3 is 30.8 Å². The van der Waals surface area contributed by atoms with E-state index in [-0.39, 0.29) is 36.2 Å². The number of hydrogen-bond donors (Lipinski definition) is 5. The minimum atomic E-state index is -0.701. The number of aryl methyl sites for hydroxylation is 1. The molecule has 238 valence electrons. The largest absolute Gasteiger partial charge is 0.482 e. The lowest BCUT2D eigenvalue weighted by atomic mass is 9.53. The SMILES string of the molecule is CC.O=C1COc2ccc(CNC(=O)c3nc4sc5c(c4c(=O)[nH]3)C(C(=O)NCC34CCC(C(=O)O)(CC3)CC4)CC5)cc2N1. The van der Waals surface area contributed by atoms with Crippen molar-refractivity contribution in [2.24, 2.45) is 10.8 Å². The van der Waals surface area contributed by atoms with Crippen molar-refractivity contribution in [1.29, 1.82) is 0 Å². The summed E-state index contributed by atoms with van der Waals surface area (Å²) >= 11 is 1.34. The van der Waals surface area contributed by atoms with E-state index in [0.717, 1.165) is 29.7 Å². The number of anilines is 1. The number of carboxylic acids is 1. The van der Waals surface area contributed by atoms with Crippen LogP contribution in [0.1, 0.15) is 91.3 Å². The first kappa shape index (κ1) is 30.8. The number of aliphatic carboxylic acids is 1. The van der Waals surface area contributed by atoms with Crippen LogP contribution in [-0.2, 0) is 27.3 Å². The van der Waals surface area contributed by atoms with E-state index in [2.05, 4.69) is 25.9 Å². The summed E-state index contributed by atoms with van der Waals surface area (Å²) in [5.74, 6) is -1.66. The topological polar surface area (TPSA) is 180 Å². The number of aromatic nitrogens is 2. The lowest BCUT2D eigenvalue weighted by Gasteiger charge is -2.51. The Morgan fingerprint density at radius 2 is 1.82 bits per heavy atom. The van der Waals surface area contributed by atoms with Crippen molar-refractivity contribution in [2.75, 3.05) is 18.5 Å². The molecule has 2 aromatic heterocycles. The number of aromatic amines is 1. The summed E-state index contributed by atoms with van der Waals surface area (Å²) in [6.07, 6.45) is 5.59. The summed E-state index contributed by atoms with van der Waals surface area (Å²) in [4.78, 5) is 71.4. The second-order valence-electron chi connectivity index (χ2n) is 12.3. The van der Waals surface area contributed by atoms with Crippen LogP contribution in [0.4, 0.5) is 5.69 Å². The van der Waals surface area contributed by atoms with Gasteiger partial charge in [0, 0.05) is 18.0 Å². The third-order valence-electron chi connectivity index (χ3n) is 9.84. The Bertz CT molecular complexity index is 1740. The normalized spacial score (nSPS) is 24.4. The molecule has 3 saturated carbocycles. The molecule has 4 aliphatic carbocycles. The van der Waals surface area contributed by atoms with E-state index < -0.39 is 28.8 Å². The fourth-order valence-electron chi connectivity index (χ4n) is 7.17. The van der Waals surface area contributed by atoms with E-state index in [1.807, 2.05) is 13.8 Å². The molecule has 13 heteroatoms. The number of fused-ring (bicyclic) bond motifs is 7. The number of carbonyl (C=O) groups excluding carboxylic acids is 3. The molecule has 5 aliphatic rings. The van der Waals surface area contributed by atoms with E-state index in [4.69, 9.17) is 4.74 Å². The van der Waals surface area contributed by atoms with Gasteiger partial charge in [0.25, 0.3) is 17.4 Å². The number of ether oxygens (including phenoxy) is 1. The molecule has 12 nitrogen and oxygen atoms in total. The standard InChI is InChI=1S/C30H31N5O7S.C2H6/c36-20-13-42-18-3-1-15(11-17(18)33-20)12-31-26(39)23-34-25(38)22-21-16(2-4-19(21)43-27(22)35-23)24(37)32-14-29-5-8-30(9-6-29,10-7-29)28(40)41;1-2/h1,3,11,16H,2,4-10,12-14H2,(H,31,39)(H,32,37)(H,33,36)(H,40,41)(H,34,35,38);1-2H3. The quantitative estimate of drug-likeness (QED) is 0.260. The van der Waals surface area contributed by atoms with Gasteiger partial charge in [-0.3, -0.25) is 24.0 Å². The zero-order valence-electron chi connectivity index (χ0n) is 25.3. The smallest absolute Gasteiger partial charge is 0.309 e. The lowest BCUT2D eigenvalue weighted by Crippen LogP contribution is -2.50. The van der Waals surface area contributed by atoms with Crippen molar-refractivity contribution < 1.29 is 29.0 Å². The molecule has 1 atom stereocenters. The minimum Gasteiger partial charge on any atom is -0.482 e. The van der Waals surface area contributed by atoms with Crippen LogP contribution in [0.3, 0.4) is 0 Å². The Labute approximate surface area is 263 Å². The molecule has 5 N–H and O–H groups in total. The predicted molar refractivity (Wildman–Crippen MR) is 168 cm³/mol. The van der Waals surface area contributed by atoms with Gasteiger partial charge in [0.05, 0.1) is 22.4 Å². The summed E-state index contributed by atoms with van der Waals surface area (Å²) in [5, 5.41) is 18.7. The molecule has 3 aromatic rings. The van der Waals surface area contributed by atoms with Gasteiger partial charge in [-0.1, -0.05) is 19.9 Å². The van der Waals surface area contributed by atoms with Crippen LogP contribution < -0.4 is 26.2 Å². The third-order valence-corrected chi connectivity index (χ3v) is 11.0. The van der Waals surface area contributed by atoms with Crippen LogP contribution in [0, 0.1) is 10.8 Å². The van der Waals surface area contributed by atoms with Gasteiger partial charge in [0.2, 0.25) is 11.7 Å². The number of nitrogens with one attached hydrogen (secondary N) is 4. The van der Waals surface area contributed by atoms with E-state index in [0.29, 0.717) is 65.9 Å². The average Bonchev–Trinajstić information content (AvgIpc) is 3.63. The zero-order chi connectivity index (χ0) is 31.9. The highest BCUT2D eigenvalue weighted by Crippen LogP contribution is 2.56. The van der Waals surface area contributed by atoms with Gasteiger partial charge in [-0.05, 0) is 80.0 Å². The van der Waals surface area contributed by atoms with E-state index in [1.54, 1.807) is 18.2 Å². The van der Waals surface area contributed by atoms with E-state index in [1.165, 1.54) is 11.3 Å². The zero-order valence-corrected chi connectivity index (χ0v) is 26.2. The van der Waals surface area contributed by atoms with Crippen LogP contribution in [-0.4, -0.2) is 51.9 Å². The molecular formula is C32H37N5O7S. The predicted octanol–water partition coefficient (Wildman–Crippen LogP) is 3.84. The molecule has 1 unspecified atom stereocenters. The molecule has 3 heterocycles. The van der Waals surface area contributed by atoms with Crippen molar-refractivity contribution in [2.45, 2.75) is 77.7 Å². The molecular weight excluding hydrogens is 598 g/mol. The lowest BCUT2D eigenvalue weighted by molar-refractivity contribution is -0.159. The average molecular weight is 636 g/mol. The van der Waals surface area contributed by atoms with Gasteiger partial charge in [-0.15, -0.1) is 11.3 Å². The molecule has 1 aliphatic heterocycles. The number of benzene rings is 1. The number of amides is 3. The van der Waals surface area contributed by atoms with Gasteiger partial charge in [-0.2, -0.15) is 0 Å².